The van der Waals surface area contributed by atoms with Crippen molar-refractivity contribution in [2.75, 3.05) is 0 Å². The smallest absolute Gasteiger partial charge is 0.225 e. The molecule has 80 valence electrons. The third kappa shape index (κ3) is 2.39. The Morgan fingerprint density at radius 2 is 1.25 bits per heavy atom. The zero-order chi connectivity index (χ0) is 11.2. The number of Topliss-reactive ketones (excluding diaryl/α,β-unsaturated/α-hetero) is 1. The second-order valence-electron chi connectivity index (χ2n) is 3.27. The van der Waals surface area contributed by atoms with Crippen molar-refractivity contribution >= 4 is 5.78 Å². The van der Waals surface area contributed by atoms with Gasteiger partial charge in [-0.05, 0) is 24.3 Å². The van der Waals surface area contributed by atoms with Crippen molar-refractivity contribution in [3.8, 4) is 0 Å². The maximum atomic E-state index is 12.1. The third-order valence-electron chi connectivity index (χ3n) is 2.13. The summed E-state index contributed by atoms with van der Waals surface area (Å²) in [6.07, 6.45) is 18.0. The highest BCUT2D eigenvalue weighted by Gasteiger charge is 2.13. The van der Waals surface area contributed by atoms with Gasteiger partial charge >= 0.3 is 0 Å². The minimum absolute atomic E-state index is 0.0626. The lowest BCUT2D eigenvalue weighted by atomic mass is 10.2. The summed E-state index contributed by atoms with van der Waals surface area (Å²) in [5, 5.41) is 5.88. The van der Waals surface area contributed by atoms with Gasteiger partial charge in [-0.2, -0.15) is 0 Å². The number of rotatable bonds is 2. The number of carbonyl (C=O) groups excluding carboxylic acids is 1. The lowest BCUT2D eigenvalue weighted by Crippen LogP contribution is -2.22. The molecule has 0 amide bonds. The Labute approximate surface area is 94.2 Å². The van der Waals surface area contributed by atoms with E-state index in [0.29, 0.717) is 11.4 Å². The highest BCUT2D eigenvalue weighted by atomic mass is 16.1. The molecule has 0 spiro atoms. The van der Waals surface area contributed by atoms with Gasteiger partial charge in [-0.3, -0.25) is 4.79 Å². The van der Waals surface area contributed by atoms with Gasteiger partial charge in [0.05, 0.1) is 11.4 Å². The van der Waals surface area contributed by atoms with E-state index in [2.05, 4.69) is 10.6 Å². The van der Waals surface area contributed by atoms with Crippen molar-refractivity contribution in [2.24, 2.45) is 0 Å². The summed E-state index contributed by atoms with van der Waals surface area (Å²) in [5.74, 6) is -0.0626. The van der Waals surface area contributed by atoms with Crippen molar-refractivity contribution < 1.29 is 4.79 Å². The Kier molecular flexibility index (Phi) is 3.18. The van der Waals surface area contributed by atoms with E-state index in [1.165, 1.54) is 0 Å². The Morgan fingerprint density at radius 1 is 0.750 bits per heavy atom. The normalized spacial score (nSPS) is 17.8. The lowest BCUT2D eigenvalue weighted by Gasteiger charge is -2.08. The van der Waals surface area contributed by atoms with E-state index in [4.69, 9.17) is 0 Å². The van der Waals surface area contributed by atoms with Gasteiger partial charge in [-0.25, -0.2) is 0 Å². The zero-order valence-electron chi connectivity index (χ0n) is 8.68. The average Bonchev–Trinajstić information content (AvgIpc) is 2.73. The topological polar surface area (TPSA) is 41.1 Å². The van der Waals surface area contributed by atoms with Crippen LogP contribution in [0.25, 0.3) is 0 Å². The number of allylic oxidation sites excluding steroid dienone is 8. The van der Waals surface area contributed by atoms with E-state index in [1.807, 2.05) is 36.5 Å². The van der Waals surface area contributed by atoms with Gasteiger partial charge in [-0.1, -0.05) is 24.3 Å². The van der Waals surface area contributed by atoms with Crippen LogP contribution in [0.1, 0.15) is 0 Å². The molecule has 0 atom stereocenters. The fourth-order valence-corrected chi connectivity index (χ4v) is 1.34. The third-order valence-corrected chi connectivity index (χ3v) is 2.13. The minimum atomic E-state index is -0.0626. The number of carbonyl (C=O) groups is 1. The van der Waals surface area contributed by atoms with Crippen LogP contribution in [0.2, 0.25) is 0 Å². The molecule has 0 saturated heterocycles. The molecule has 0 saturated carbocycles. The summed E-state index contributed by atoms with van der Waals surface area (Å²) in [5.41, 5.74) is 1.10. The fourth-order valence-electron chi connectivity index (χ4n) is 1.34. The predicted molar refractivity (Wildman–Crippen MR) is 64.0 cm³/mol. The maximum Gasteiger partial charge on any atom is 0.225 e. The largest absolute Gasteiger partial charge is 0.358 e. The Balaban J connectivity index is 2.19. The molecular formula is C13H12N2O. The van der Waals surface area contributed by atoms with Gasteiger partial charge in [0.2, 0.25) is 5.78 Å². The summed E-state index contributed by atoms with van der Waals surface area (Å²) < 4.78 is 0. The summed E-state index contributed by atoms with van der Waals surface area (Å²) in [7, 11) is 0. The van der Waals surface area contributed by atoms with Gasteiger partial charge in [-0.15, -0.1) is 0 Å². The van der Waals surface area contributed by atoms with Crippen LogP contribution in [0, 0.1) is 0 Å². The molecule has 2 rings (SSSR count). The molecule has 2 aliphatic rings. The van der Waals surface area contributed by atoms with Gasteiger partial charge in [0.15, 0.2) is 0 Å². The molecular weight excluding hydrogens is 200 g/mol. The first kappa shape index (κ1) is 10.2. The summed E-state index contributed by atoms with van der Waals surface area (Å²) in [6.45, 7) is 0. The molecule has 3 heteroatoms. The number of ketones is 1. The van der Waals surface area contributed by atoms with E-state index < -0.39 is 0 Å². The number of hydrogen-bond donors (Lipinski definition) is 2. The Hall–Kier alpha value is -2.29. The van der Waals surface area contributed by atoms with Gasteiger partial charge < -0.3 is 10.6 Å². The number of hydrogen-bond acceptors (Lipinski definition) is 3. The van der Waals surface area contributed by atoms with Crippen LogP contribution < -0.4 is 10.6 Å². The fraction of sp³-hybridized carbons (Fsp3) is 0. The van der Waals surface area contributed by atoms with Crippen molar-refractivity contribution in [1.82, 2.24) is 10.6 Å². The molecule has 0 aromatic carbocycles. The van der Waals surface area contributed by atoms with Gasteiger partial charge in [0, 0.05) is 12.4 Å². The van der Waals surface area contributed by atoms with Crippen molar-refractivity contribution in [3.63, 3.8) is 0 Å². The second kappa shape index (κ2) is 4.98. The van der Waals surface area contributed by atoms with Gasteiger partial charge in [0.1, 0.15) is 0 Å². The lowest BCUT2D eigenvalue weighted by molar-refractivity contribution is -0.112. The van der Waals surface area contributed by atoms with Crippen molar-refractivity contribution in [2.45, 2.75) is 0 Å². The van der Waals surface area contributed by atoms with Crippen LogP contribution in [0.15, 0.2) is 72.4 Å². The van der Waals surface area contributed by atoms with Gasteiger partial charge in [0.25, 0.3) is 0 Å². The molecule has 2 heterocycles. The highest BCUT2D eigenvalue weighted by molar-refractivity contribution is 6.08. The zero-order valence-corrected chi connectivity index (χ0v) is 8.68. The molecule has 3 nitrogen and oxygen atoms in total. The molecule has 2 aliphatic heterocycles. The van der Waals surface area contributed by atoms with Crippen LogP contribution in [0.5, 0.6) is 0 Å². The average molecular weight is 212 g/mol. The highest BCUT2D eigenvalue weighted by Crippen LogP contribution is 2.06. The Bertz CT molecular complexity index is 420. The maximum absolute atomic E-state index is 12.1. The summed E-state index contributed by atoms with van der Waals surface area (Å²) in [6, 6.07) is 0. The second-order valence-corrected chi connectivity index (χ2v) is 3.27. The minimum Gasteiger partial charge on any atom is -0.358 e. The molecule has 0 bridgehead atoms. The standard InChI is InChI=1S/C13H12N2O/c16-13(11-7-3-1-5-9-14-11)12-8-4-2-6-10-15-12/h1-10,14-15H. The number of nitrogens with one attached hydrogen (secondary N) is 2. The molecule has 0 radical (unpaired) electrons. The van der Waals surface area contributed by atoms with E-state index in [1.54, 1.807) is 24.6 Å². The van der Waals surface area contributed by atoms with Crippen LogP contribution in [0.3, 0.4) is 0 Å². The molecule has 0 aromatic heterocycles. The van der Waals surface area contributed by atoms with E-state index in [-0.39, 0.29) is 5.78 Å². The molecule has 2 N–H and O–H groups in total. The first-order chi connectivity index (χ1) is 7.88. The van der Waals surface area contributed by atoms with Crippen LogP contribution in [0.4, 0.5) is 0 Å². The Morgan fingerprint density at radius 3 is 1.75 bits per heavy atom. The molecule has 0 aromatic rings. The summed E-state index contributed by atoms with van der Waals surface area (Å²) in [4.78, 5) is 12.1. The molecule has 16 heavy (non-hydrogen) atoms. The van der Waals surface area contributed by atoms with Crippen molar-refractivity contribution in [3.05, 3.63) is 72.4 Å². The van der Waals surface area contributed by atoms with E-state index in [0.717, 1.165) is 0 Å². The van der Waals surface area contributed by atoms with Crippen LogP contribution >= 0.6 is 0 Å². The van der Waals surface area contributed by atoms with Crippen molar-refractivity contribution in [1.29, 1.82) is 0 Å². The quantitative estimate of drug-likeness (QED) is 0.731. The molecule has 0 fully saturated rings. The summed E-state index contributed by atoms with van der Waals surface area (Å²) >= 11 is 0. The van der Waals surface area contributed by atoms with Crippen LogP contribution in [-0.4, -0.2) is 5.78 Å². The van der Waals surface area contributed by atoms with Crippen LogP contribution in [-0.2, 0) is 4.79 Å². The van der Waals surface area contributed by atoms with E-state index >= 15 is 0 Å². The first-order valence-corrected chi connectivity index (χ1v) is 5.03. The monoisotopic (exact) mass is 212 g/mol. The SMILES string of the molecule is O=C(C1=CC=CC=CN1)C1=CC=CC=CN1. The van der Waals surface area contributed by atoms with E-state index in [9.17, 15) is 4.79 Å². The predicted octanol–water partition coefficient (Wildman–Crippen LogP) is 1.67. The molecule has 0 aliphatic carbocycles. The molecule has 0 unspecified atom stereocenters. The first-order valence-electron chi connectivity index (χ1n) is 5.03.